The molecule has 1 aliphatic rings. The third-order valence-corrected chi connectivity index (χ3v) is 3.12. The largest absolute Gasteiger partial charge is 0.390 e. The fraction of sp³-hybridized carbons (Fsp3) is 0.692. The number of allylic oxidation sites excluding steroid dienone is 3. The zero-order chi connectivity index (χ0) is 12.0. The first-order valence-electron chi connectivity index (χ1n) is 6.03. The molecule has 1 aliphatic heterocycles. The van der Waals surface area contributed by atoms with Crippen LogP contribution in [0.5, 0.6) is 0 Å². The molecule has 0 radical (unpaired) electrons. The van der Waals surface area contributed by atoms with Crippen LogP contribution in [0.15, 0.2) is 23.4 Å². The van der Waals surface area contributed by atoms with Crippen molar-refractivity contribution in [2.45, 2.75) is 26.8 Å². The molecule has 0 saturated carbocycles. The van der Waals surface area contributed by atoms with E-state index in [4.69, 9.17) is 4.74 Å². The van der Waals surface area contributed by atoms with E-state index in [9.17, 15) is 0 Å². The normalized spacial score (nSPS) is 22.0. The van der Waals surface area contributed by atoms with Crippen LogP contribution in [0, 0.1) is 0 Å². The van der Waals surface area contributed by atoms with Gasteiger partial charge in [0.05, 0.1) is 13.2 Å². The van der Waals surface area contributed by atoms with Gasteiger partial charge in [0.15, 0.2) is 0 Å². The highest BCUT2D eigenvalue weighted by molar-refractivity contribution is 5.25. The summed E-state index contributed by atoms with van der Waals surface area (Å²) in [4.78, 5) is 2.46. The van der Waals surface area contributed by atoms with Gasteiger partial charge in [0.1, 0.15) is 0 Å². The fourth-order valence-electron chi connectivity index (χ4n) is 2.22. The number of nitrogens with zero attached hydrogens (tertiary/aromatic N) is 1. The van der Waals surface area contributed by atoms with Crippen LogP contribution in [0.4, 0.5) is 0 Å². The molecule has 3 heteroatoms. The third kappa shape index (κ3) is 3.35. The van der Waals surface area contributed by atoms with Gasteiger partial charge >= 0.3 is 0 Å². The zero-order valence-electron chi connectivity index (χ0n) is 10.9. The first kappa shape index (κ1) is 13.3. The van der Waals surface area contributed by atoms with Crippen LogP contribution in [-0.4, -0.2) is 44.3 Å². The highest BCUT2D eigenvalue weighted by Gasteiger charge is 2.20. The van der Waals surface area contributed by atoms with Crippen LogP contribution in [0.25, 0.3) is 0 Å². The molecule has 1 unspecified atom stereocenters. The molecule has 0 aromatic heterocycles. The third-order valence-electron chi connectivity index (χ3n) is 3.12. The van der Waals surface area contributed by atoms with Crippen LogP contribution in [0.3, 0.4) is 0 Å². The van der Waals surface area contributed by atoms with Gasteiger partial charge in [-0.15, -0.1) is 0 Å². The number of rotatable bonds is 4. The lowest BCUT2D eigenvalue weighted by Gasteiger charge is -2.34. The molecule has 1 heterocycles. The molecule has 0 aliphatic carbocycles. The molecule has 1 saturated heterocycles. The molecule has 92 valence electrons. The SMILES string of the molecule is C/C=C\C(C)=C(/NC)C(C)N1CCOCC1. The van der Waals surface area contributed by atoms with Crippen molar-refractivity contribution in [2.75, 3.05) is 33.4 Å². The van der Waals surface area contributed by atoms with Crippen LogP contribution in [0.1, 0.15) is 20.8 Å². The molecular formula is C13H24N2O. The van der Waals surface area contributed by atoms with E-state index in [0.29, 0.717) is 6.04 Å². The minimum absolute atomic E-state index is 0.435. The number of morpholine rings is 1. The number of ether oxygens (including phenoxy) is 1. The van der Waals surface area contributed by atoms with Crippen LogP contribution < -0.4 is 5.32 Å². The molecule has 1 fully saturated rings. The Labute approximate surface area is 99.2 Å². The first-order valence-corrected chi connectivity index (χ1v) is 6.03. The molecular weight excluding hydrogens is 200 g/mol. The van der Waals surface area contributed by atoms with E-state index in [1.165, 1.54) is 11.3 Å². The molecule has 0 amide bonds. The maximum Gasteiger partial charge on any atom is 0.0594 e. The second-order valence-corrected chi connectivity index (χ2v) is 4.17. The van der Waals surface area contributed by atoms with E-state index < -0.39 is 0 Å². The van der Waals surface area contributed by atoms with Crippen molar-refractivity contribution in [3.8, 4) is 0 Å². The average molecular weight is 224 g/mol. The topological polar surface area (TPSA) is 24.5 Å². The van der Waals surface area contributed by atoms with E-state index >= 15 is 0 Å². The molecule has 0 aromatic rings. The van der Waals surface area contributed by atoms with E-state index in [-0.39, 0.29) is 0 Å². The van der Waals surface area contributed by atoms with Gasteiger partial charge in [0.2, 0.25) is 0 Å². The maximum atomic E-state index is 5.38. The average Bonchev–Trinajstić information content (AvgIpc) is 2.31. The summed E-state index contributed by atoms with van der Waals surface area (Å²) in [5.74, 6) is 0. The fourth-order valence-corrected chi connectivity index (χ4v) is 2.22. The van der Waals surface area contributed by atoms with E-state index in [0.717, 1.165) is 26.3 Å². The van der Waals surface area contributed by atoms with Crippen molar-refractivity contribution < 1.29 is 4.74 Å². The molecule has 1 N–H and O–H groups in total. The maximum absolute atomic E-state index is 5.38. The Morgan fingerprint density at radius 2 is 2.00 bits per heavy atom. The van der Waals surface area contributed by atoms with Crippen LogP contribution in [0.2, 0.25) is 0 Å². The van der Waals surface area contributed by atoms with Crippen LogP contribution in [-0.2, 0) is 4.74 Å². The molecule has 0 spiro atoms. The summed E-state index contributed by atoms with van der Waals surface area (Å²) >= 11 is 0. The van der Waals surface area contributed by atoms with Crippen molar-refractivity contribution in [1.82, 2.24) is 10.2 Å². The molecule has 3 nitrogen and oxygen atoms in total. The Morgan fingerprint density at radius 1 is 1.38 bits per heavy atom. The Bertz CT molecular complexity index is 265. The standard InChI is InChI=1S/C13H24N2O/c1-5-6-11(2)13(14-4)12(3)15-7-9-16-10-8-15/h5-6,12,14H,7-10H2,1-4H3/b6-5-,13-11-. The predicted octanol–water partition coefficient (Wildman–Crippen LogP) is 1.78. The number of hydrogen-bond donors (Lipinski definition) is 1. The smallest absolute Gasteiger partial charge is 0.0594 e. The lowest BCUT2D eigenvalue weighted by Crippen LogP contribution is -2.45. The van der Waals surface area contributed by atoms with Crippen molar-refractivity contribution in [2.24, 2.45) is 0 Å². The summed E-state index contributed by atoms with van der Waals surface area (Å²) in [7, 11) is 2.00. The summed E-state index contributed by atoms with van der Waals surface area (Å²) in [5, 5.41) is 3.33. The number of likely N-dealkylation sites (N-methyl/N-ethyl adjacent to an activating group) is 1. The Kier molecular flexibility index (Phi) is 5.56. The second-order valence-electron chi connectivity index (χ2n) is 4.17. The Morgan fingerprint density at radius 3 is 2.50 bits per heavy atom. The number of nitrogens with one attached hydrogen (secondary N) is 1. The lowest BCUT2D eigenvalue weighted by atomic mass is 10.1. The van der Waals surface area contributed by atoms with Gasteiger partial charge in [-0.1, -0.05) is 12.2 Å². The summed E-state index contributed by atoms with van der Waals surface area (Å²) in [5.41, 5.74) is 2.61. The monoisotopic (exact) mass is 224 g/mol. The number of hydrogen-bond acceptors (Lipinski definition) is 3. The molecule has 0 bridgehead atoms. The zero-order valence-corrected chi connectivity index (χ0v) is 10.9. The van der Waals surface area contributed by atoms with Gasteiger partial charge in [-0.25, -0.2) is 0 Å². The lowest BCUT2D eigenvalue weighted by molar-refractivity contribution is 0.0257. The van der Waals surface area contributed by atoms with Gasteiger partial charge in [-0.2, -0.15) is 0 Å². The van der Waals surface area contributed by atoms with E-state index in [2.05, 4.69) is 43.1 Å². The van der Waals surface area contributed by atoms with Gasteiger partial charge in [0.25, 0.3) is 0 Å². The molecule has 16 heavy (non-hydrogen) atoms. The van der Waals surface area contributed by atoms with Crippen molar-refractivity contribution in [3.05, 3.63) is 23.4 Å². The molecule has 0 aromatic carbocycles. The van der Waals surface area contributed by atoms with E-state index in [1.54, 1.807) is 0 Å². The summed E-state index contributed by atoms with van der Waals surface area (Å²) in [6.07, 6.45) is 4.24. The van der Waals surface area contributed by atoms with Gasteiger partial charge < -0.3 is 10.1 Å². The minimum Gasteiger partial charge on any atom is -0.390 e. The van der Waals surface area contributed by atoms with E-state index in [1.807, 2.05) is 7.05 Å². The Hall–Kier alpha value is -0.800. The van der Waals surface area contributed by atoms with Gasteiger partial charge in [-0.3, -0.25) is 4.90 Å². The van der Waals surface area contributed by atoms with Crippen molar-refractivity contribution in [3.63, 3.8) is 0 Å². The predicted molar refractivity (Wildman–Crippen MR) is 68.4 cm³/mol. The minimum atomic E-state index is 0.435. The highest BCUT2D eigenvalue weighted by Crippen LogP contribution is 2.14. The second kappa shape index (κ2) is 6.71. The highest BCUT2D eigenvalue weighted by atomic mass is 16.5. The summed E-state index contributed by atoms with van der Waals surface area (Å²) in [6, 6.07) is 0.435. The quantitative estimate of drug-likeness (QED) is 0.737. The van der Waals surface area contributed by atoms with Crippen LogP contribution >= 0.6 is 0 Å². The molecule has 1 rings (SSSR count). The van der Waals surface area contributed by atoms with Crippen molar-refractivity contribution in [1.29, 1.82) is 0 Å². The van der Waals surface area contributed by atoms with Crippen molar-refractivity contribution >= 4 is 0 Å². The van der Waals surface area contributed by atoms with Gasteiger partial charge in [-0.05, 0) is 26.3 Å². The Balaban J connectivity index is 2.74. The first-order chi connectivity index (χ1) is 7.70. The molecule has 1 atom stereocenters. The summed E-state index contributed by atoms with van der Waals surface area (Å²) < 4.78 is 5.38. The summed E-state index contributed by atoms with van der Waals surface area (Å²) in [6.45, 7) is 10.2. The van der Waals surface area contributed by atoms with Gasteiger partial charge in [0, 0.05) is 31.9 Å².